The third-order valence-corrected chi connectivity index (χ3v) is 6.37. The van der Waals surface area contributed by atoms with E-state index in [4.69, 9.17) is 0 Å². The summed E-state index contributed by atoms with van der Waals surface area (Å²) in [6.45, 7) is 0. The van der Waals surface area contributed by atoms with Gasteiger partial charge < -0.3 is 0 Å². The van der Waals surface area contributed by atoms with Crippen molar-refractivity contribution in [1.82, 2.24) is 4.98 Å². The lowest BCUT2D eigenvalue weighted by Gasteiger charge is -2.10. The summed E-state index contributed by atoms with van der Waals surface area (Å²) < 4.78 is 77.0. The van der Waals surface area contributed by atoms with Gasteiger partial charge in [0.1, 0.15) is 11.6 Å². The Hall–Kier alpha value is -3.07. The average Bonchev–Trinajstić information content (AvgIpc) is 2.72. The number of carbonyl (C=O) groups excluding carboxylic acids is 1. The van der Waals surface area contributed by atoms with E-state index in [0.717, 1.165) is 11.6 Å². The number of halogens is 4. The molecule has 1 aromatic heterocycles. The molecule has 0 aliphatic carbocycles. The van der Waals surface area contributed by atoms with Crippen molar-refractivity contribution in [3.8, 4) is 0 Å². The van der Waals surface area contributed by atoms with E-state index in [-0.39, 0.29) is 17.1 Å². The van der Waals surface area contributed by atoms with Crippen LogP contribution in [0.5, 0.6) is 0 Å². The van der Waals surface area contributed by atoms with Crippen LogP contribution in [-0.4, -0.2) is 19.2 Å². The Morgan fingerprint density at radius 3 is 2.19 bits per heavy atom. The summed E-state index contributed by atoms with van der Waals surface area (Å²) in [5.74, 6) is -1.70. The van der Waals surface area contributed by atoms with Crippen molar-refractivity contribution in [2.24, 2.45) is 0 Å². The molecule has 0 fully saturated rings. The van der Waals surface area contributed by atoms with Crippen molar-refractivity contribution < 1.29 is 30.8 Å². The molecule has 3 rings (SSSR count). The number of aryl methyl sites for hydroxylation is 1. The predicted molar refractivity (Wildman–Crippen MR) is 105 cm³/mol. The number of nitrogens with zero attached hydrogens (tertiary/aromatic N) is 1. The molecule has 0 N–H and O–H groups in total. The summed E-state index contributed by atoms with van der Waals surface area (Å²) in [5.41, 5.74) is -0.0126. The first kappa shape index (κ1) is 22.6. The van der Waals surface area contributed by atoms with Crippen LogP contribution in [0.2, 0.25) is 0 Å². The second kappa shape index (κ2) is 8.97. The van der Waals surface area contributed by atoms with Crippen LogP contribution >= 0.6 is 0 Å². The third kappa shape index (κ3) is 5.55. The van der Waals surface area contributed by atoms with Gasteiger partial charge in [0.25, 0.3) is 0 Å². The zero-order valence-corrected chi connectivity index (χ0v) is 16.9. The Bertz CT molecular complexity index is 1180. The molecule has 0 aliphatic heterocycles. The highest BCUT2D eigenvalue weighted by atomic mass is 32.2. The number of sulfone groups is 1. The summed E-state index contributed by atoms with van der Waals surface area (Å²) in [5, 5.41) is 0. The second-order valence-electron chi connectivity index (χ2n) is 6.86. The van der Waals surface area contributed by atoms with E-state index in [1.54, 1.807) is 18.5 Å². The van der Waals surface area contributed by atoms with Gasteiger partial charge in [-0.15, -0.1) is 0 Å². The lowest BCUT2D eigenvalue weighted by molar-refractivity contribution is -0.140. The minimum absolute atomic E-state index is 0.0377. The maximum Gasteiger partial charge on any atom is 0.419 e. The van der Waals surface area contributed by atoms with Gasteiger partial charge in [-0.1, -0.05) is 18.2 Å². The Balaban J connectivity index is 1.70. The number of ketones is 1. The van der Waals surface area contributed by atoms with Gasteiger partial charge in [-0.2, -0.15) is 13.2 Å². The predicted octanol–water partition coefficient (Wildman–Crippen LogP) is 4.82. The van der Waals surface area contributed by atoms with E-state index >= 15 is 0 Å². The summed E-state index contributed by atoms with van der Waals surface area (Å²) in [7, 11) is -4.21. The fourth-order valence-electron chi connectivity index (χ4n) is 2.96. The number of aromatic nitrogens is 1. The fourth-order valence-corrected chi connectivity index (χ4v) is 4.23. The minimum atomic E-state index is -4.92. The number of rotatable bonds is 7. The number of Topliss-reactive ketones (excluding diaryl/α,β-unsaturated/α-hetero) is 1. The number of benzene rings is 2. The number of carbonyl (C=O) groups is 1. The highest BCUT2D eigenvalue weighted by Crippen LogP contribution is 2.33. The molecule has 0 unspecified atom stereocenters. The summed E-state index contributed by atoms with van der Waals surface area (Å²) in [6.07, 6.45) is -0.653. The molecule has 4 nitrogen and oxygen atoms in total. The largest absolute Gasteiger partial charge is 0.419 e. The first-order chi connectivity index (χ1) is 14.6. The van der Waals surface area contributed by atoms with Gasteiger partial charge in [-0.3, -0.25) is 9.78 Å². The molecule has 0 bridgehead atoms. The number of pyridine rings is 1. The Labute approximate surface area is 176 Å². The van der Waals surface area contributed by atoms with Gasteiger partial charge in [0.05, 0.1) is 15.4 Å². The SMILES string of the molecule is O=C(CCc1cccnc1)Cc1ccc(S(=O)(=O)c2ccc(C(F)(F)F)c(F)c2)cc1. The minimum Gasteiger partial charge on any atom is -0.299 e. The van der Waals surface area contributed by atoms with E-state index in [0.29, 0.717) is 30.5 Å². The highest BCUT2D eigenvalue weighted by molar-refractivity contribution is 7.91. The first-order valence-electron chi connectivity index (χ1n) is 9.19. The first-order valence-corrected chi connectivity index (χ1v) is 10.7. The molecule has 0 aliphatic rings. The van der Waals surface area contributed by atoms with Crippen LogP contribution in [0.3, 0.4) is 0 Å². The van der Waals surface area contributed by atoms with E-state index < -0.39 is 32.3 Å². The molecule has 0 radical (unpaired) electrons. The molecule has 0 spiro atoms. The van der Waals surface area contributed by atoms with Crippen molar-refractivity contribution in [3.05, 3.63) is 89.5 Å². The summed E-state index contributed by atoms with van der Waals surface area (Å²) in [4.78, 5) is 15.4. The third-order valence-electron chi connectivity index (χ3n) is 4.61. The Morgan fingerprint density at radius 2 is 1.61 bits per heavy atom. The number of hydrogen-bond acceptors (Lipinski definition) is 4. The Kier molecular flexibility index (Phi) is 6.54. The Morgan fingerprint density at radius 1 is 0.935 bits per heavy atom. The number of hydrogen-bond donors (Lipinski definition) is 0. The smallest absolute Gasteiger partial charge is 0.299 e. The maximum absolute atomic E-state index is 13.8. The average molecular weight is 451 g/mol. The maximum atomic E-state index is 13.8. The normalized spacial score (nSPS) is 12.0. The van der Waals surface area contributed by atoms with E-state index in [1.165, 1.54) is 24.3 Å². The van der Waals surface area contributed by atoms with Crippen LogP contribution in [0.15, 0.2) is 76.8 Å². The van der Waals surface area contributed by atoms with Crippen LogP contribution in [-0.2, 0) is 33.6 Å². The van der Waals surface area contributed by atoms with Crippen LogP contribution < -0.4 is 0 Å². The molecule has 9 heteroatoms. The lowest BCUT2D eigenvalue weighted by atomic mass is 10.0. The lowest BCUT2D eigenvalue weighted by Crippen LogP contribution is -2.10. The van der Waals surface area contributed by atoms with Crippen molar-refractivity contribution in [3.63, 3.8) is 0 Å². The van der Waals surface area contributed by atoms with E-state index in [9.17, 15) is 30.8 Å². The van der Waals surface area contributed by atoms with Gasteiger partial charge in [-0.25, -0.2) is 12.8 Å². The quantitative estimate of drug-likeness (QED) is 0.484. The van der Waals surface area contributed by atoms with Crippen molar-refractivity contribution in [2.75, 3.05) is 0 Å². The molecular formula is C22H17F4NO3S. The van der Waals surface area contributed by atoms with Crippen molar-refractivity contribution >= 4 is 15.6 Å². The standard InChI is InChI=1S/C22H17F4NO3S/c23-21-13-19(9-10-20(21)22(24,25)26)31(29,30)18-7-4-15(5-8-18)12-17(28)6-3-16-2-1-11-27-14-16/h1-2,4-5,7-11,13-14H,3,6,12H2. The highest BCUT2D eigenvalue weighted by Gasteiger charge is 2.34. The van der Waals surface area contributed by atoms with Gasteiger partial charge in [0.15, 0.2) is 0 Å². The molecule has 162 valence electrons. The topological polar surface area (TPSA) is 64.1 Å². The summed E-state index contributed by atoms with van der Waals surface area (Å²) >= 11 is 0. The van der Waals surface area contributed by atoms with Crippen LogP contribution in [0.25, 0.3) is 0 Å². The molecule has 1 heterocycles. The monoisotopic (exact) mass is 451 g/mol. The van der Waals surface area contributed by atoms with E-state index in [2.05, 4.69) is 4.98 Å². The van der Waals surface area contributed by atoms with Gasteiger partial charge >= 0.3 is 6.18 Å². The van der Waals surface area contributed by atoms with Gasteiger partial charge in [0, 0.05) is 25.2 Å². The molecule has 31 heavy (non-hydrogen) atoms. The molecule has 0 atom stereocenters. The fraction of sp³-hybridized carbons (Fsp3) is 0.182. The van der Waals surface area contributed by atoms with E-state index in [1.807, 2.05) is 6.07 Å². The van der Waals surface area contributed by atoms with Crippen molar-refractivity contribution in [1.29, 1.82) is 0 Å². The molecule has 0 saturated carbocycles. The van der Waals surface area contributed by atoms with Crippen LogP contribution in [0, 0.1) is 5.82 Å². The van der Waals surface area contributed by atoms with Crippen molar-refractivity contribution in [2.45, 2.75) is 35.2 Å². The van der Waals surface area contributed by atoms with Crippen LogP contribution in [0.1, 0.15) is 23.1 Å². The molecule has 0 amide bonds. The number of alkyl halides is 3. The zero-order chi connectivity index (χ0) is 22.6. The zero-order valence-electron chi connectivity index (χ0n) is 16.1. The molecule has 2 aromatic carbocycles. The van der Waals surface area contributed by atoms with Gasteiger partial charge in [-0.05, 0) is 53.9 Å². The molecule has 3 aromatic rings. The summed E-state index contributed by atoms with van der Waals surface area (Å²) in [6, 6.07) is 10.5. The van der Waals surface area contributed by atoms with Gasteiger partial charge in [0.2, 0.25) is 9.84 Å². The second-order valence-corrected chi connectivity index (χ2v) is 8.81. The molecule has 0 saturated heterocycles. The van der Waals surface area contributed by atoms with Crippen LogP contribution in [0.4, 0.5) is 17.6 Å². The molecular weight excluding hydrogens is 434 g/mol.